The van der Waals surface area contributed by atoms with Crippen molar-refractivity contribution in [1.29, 1.82) is 0 Å². The number of hydrogen-bond acceptors (Lipinski definition) is 4. The van der Waals surface area contributed by atoms with Gasteiger partial charge in [-0.2, -0.15) is 0 Å². The van der Waals surface area contributed by atoms with Gasteiger partial charge in [0.15, 0.2) is 17.3 Å². The number of benzene rings is 2. The maximum atomic E-state index is 12.4. The molecule has 0 radical (unpaired) electrons. The molecule has 0 saturated heterocycles. The van der Waals surface area contributed by atoms with Gasteiger partial charge in [-0.15, -0.1) is 0 Å². The summed E-state index contributed by atoms with van der Waals surface area (Å²) in [5, 5.41) is 2.95. The van der Waals surface area contributed by atoms with Crippen LogP contribution < -0.4 is 14.8 Å². The van der Waals surface area contributed by atoms with Crippen molar-refractivity contribution in [3.8, 4) is 11.5 Å². The lowest BCUT2D eigenvalue weighted by Crippen LogP contribution is -2.17. The average molecular weight is 353 g/mol. The molecular weight excluding hydrogens is 330 g/mol. The first-order valence-electron chi connectivity index (χ1n) is 8.89. The van der Waals surface area contributed by atoms with Crippen molar-refractivity contribution < 1.29 is 19.1 Å². The Morgan fingerprint density at radius 2 is 1.81 bits per heavy atom. The fourth-order valence-corrected chi connectivity index (χ4v) is 2.99. The van der Waals surface area contributed by atoms with E-state index in [4.69, 9.17) is 9.47 Å². The molecule has 0 saturated carbocycles. The summed E-state index contributed by atoms with van der Waals surface area (Å²) in [6, 6.07) is 11.1. The minimum absolute atomic E-state index is 0.0855. The monoisotopic (exact) mass is 353 g/mol. The van der Waals surface area contributed by atoms with Gasteiger partial charge in [0.25, 0.3) is 0 Å². The van der Waals surface area contributed by atoms with Crippen molar-refractivity contribution in [3.63, 3.8) is 0 Å². The molecule has 2 aromatic carbocycles. The highest BCUT2D eigenvalue weighted by molar-refractivity contribution is 6.00. The Balaban J connectivity index is 1.60. The zero-order valence-corrected chi connectivity index (χ0v) is 15.1. The molecule has 0 unspecified atom stereocenters. The van der Waals surface area contributed by atoms with Crippen LogP contribution in [0.3, 0.4) is 0 Å². The van der Waals surface area contributed by atoms with E-state index in [1.54, 1.807) is 18.2 Å². The summed E-state index contributed by atoms with van der Waals surface area (Å²) in [5.41, 5.74) is 3.51. The molecule has 0 spiro atoms. The molecule has 136 valence electrons. The lowest BCUT2D eigenvalue weighted by Gasteiger charge is -2.18. The van der Waals surface area contributed by atoms with Gasteiger partial charge in [-0.3, -0.25) is 9.59 Å². The smallest absolute Gasteiger partial charge is 0.224 e. The largest absolute Gasteiger partial charge is 0.486 e. The van der Waals surface area contributed by atoms with Crippen LogP contribution in [0, 0.1) is 6.92 Å². The second-order valence-corrected chi connectivity index (χ2v) is 6.29. The number of ketones is 1. The number of anilines is 1. The molecule has 1 aliphatic heterocycles. The van der Waals surface area contributed by atoms with Crippen LogP contribution in [0.25, 0.3) is 0 Å². The van der Waals surface area contributed by atoms with Crippen molar-refractivity contribution in [1.82, 2.24) is 0 Å². The van der Waals surface area contributed by atoms with Gasteiger partial charge in [0.2, 0.25) is 5.91 Å². The van der Waals surface area contributed by atoms with Crippen molar-refractivity contribution in [2.45, 2.75) is 33.1 Å². The van der Waals surface area contributed by atoms with Crippen molar-refractivity contribution in [3.05, 3.63) is 53.1 Å². The Morgan fingerprint density at radius 3 is 2.58 bits per heavy atom. The van der Waals surface area contributed by atoms with Crippen LogP contribution in [-0.4, -0.2) is 24.9 Å². The molecule has 0 atom stereocenters. The normalized spacial score (nSPS) is 12.5. The quantitative estimate of drug-likeness (QED) is 0.799. The van der Waals surface area contributed by atoms with Crippen LogP contribution in [0.15, 0.2) is 36.4 Å². The highest BCUT2D eigenvalue weighted by atomic mass is 16.6. The Labute approximate surface area is 153 Å². The van der Waals surface area contributed by atoms with Crippen LogP contribution in [0.2, 0.25) is 0 Å². The first-order chi connectivity index (χ1) is 12.6. The molecule has 0 aromatic heterocycles. The Bertz CT molecular complexity index is 829. The molecule has 2 aromatic rings. The van der Waals surface area contributed by atoms with Gasteiger partial charge in [0.1, 0.15) is 13.2 Å². The summed E-state index contributed by atoms with van der Waals surface area (Å²) >= 11 is 0. The fraction of sp³-hybridized carbons (Fsp3) is 0.333. The molecule has 5 nitrogen and oxygen atoms in total. The van der Waals surface area contributed by atoms with Crippen molar-refractivity contribution in [2.24, 2.45) is 0 Å². The fourth-order valence-electron chi connectivity index (χ4n) is 2.99. The third-order valence-corrected chi connectivity index (χ3v) is 4.45. The molecule has 1 heterocycles. The van der Waals surface area contributed by atoms with Crippen molar-refractivity contribution in [2.75, 3.05) is 18.5 Å². The summed E-state index contributed by atoms with van der Waals surface area (Å²) < 4.78 is 11.0. The van der Waals surface area contributed by atoms with Gasteiger partial charge in [-0.05, 0) is 42.7 Å². The summed E-state index contributed by atoms with van der Waals surface area (Å²) in [6.07, 6.45) is 1.14. The number of rotatable bonds is 6. The molecule has 26 heavy (non-hydrogen) atoms. The molecule has 0 aliphatic carbocycles. The minimum Gasteiger partial charge on any atom is -0.486 e. The maximum Gasteiger partial charge on any atom is 0.224 e. The van der Waals surface area contributed by atoms with E-state index >= 15 is 0 Å². The zero-order valence-electron chi connectivity index (χ0n) is 15.1. The standard InChI is InChI=1S/C21H23NO4/c1-3-15-6-4-5-14(2)21(15)22-20(24)10-8-17(23)16-7-9-18-19(13-16)26-12-11-25-18/h4-7,9,13H,3,8,10-12H2,1-2H3,(H,22,24). The maximum absolute atomic E-state index is 12.4. The Kier molecular flexibility index (Phi) is 5.56. The van der Waals surface area contributed by atoms with E-state index in [1.165, 1.54) is 0 Å². The van der Waals surface area contributed by atoms with E-state index in [0.717, 1.165) is 23.2 Å². The molecule has 0 fully saturated rings. The zero-order chi connectivity index (χ0) is 18.5. The van der Waals surface area contributed by atoms with Crippen LogP contribution in [0.5, 0.6) is 11.5 Å². The number of carbonyl (C=O) groups excluding carboxylic acids is 2. The van der Waals surface area contributed by atoms with E-state index < -0.39 is 0 Å². The molecular formula is C21H23NO4. The molecule has 0 bridgehead atoms. The lowest BCUT2D eigenvalue weighted by molar-refractivity contribution is -0.116. The van der Waals surface area contributed by atoms with Gasteiger partial charge in [0.05, 0.1) is 0 Å². The highest BCUT2D eigenvalue weighted by Gasteiger charge is 2.16. The number of Topliss-reactive ketones (excluding diaryl/α,β-unsaturated/α-hetero) is 1. The molecule has 1 amide bonds. The van der Waals surface area contributed by atoms with E-state index in [0.29, 0.717) is 30.3 Å². The molecule has 1 aliphatic rings. The van der Waals surface area contributed by atoms with Crippen LogP contribution >= 0.6 is 0 Å². The first-order valence-corrected chi connectivity index (χ1v) is 8.89. The summed E-state index contributed by atoms with van der Waals surface area (Å²) in [6.45, 7) is 5.01. The molecule has 1 N–H and O–H groups in total. The van der Waals surface area contributed by atoms with Gasteiger partial charge >= 0.3 is 0 Å². The third kappa shape index (κ3) is 4.04. The summed E-state index contributed by atoms with van der Waals surface area (Å²) in [4.78, 5) is 24.7. The summed E-state index contributed by atoms with van der Waals surface area (Å²) in [5.74, 6) is 0.994. The van der Waals surface area contributed by atoms with E-state index in [-0.39, 0.29) is 24.5 Å². The van der Waals surface area contributed by atoms with Crippen molar-refractivity contribution >= 4 is 17.4 Å². The number of ether oxygens (including phenoxy) is 2. The second kappa shape index (κ2) is 8.04. The number of para-hydroxylation sites is 1. The lowest BCUT2D eigenvalue weighted by atomic mass is 10.0. The number of fused-ring (bicyclic) bond motifs is 1. The number of amides is 1. The van der Waals surface area contributed by atoms with E-state index in [9.17, 15) is 9.59 Å². The first kappa shape index (κ1) is 18.0. The predicted octanol–water partition coefficient (Wildman–Crippen LogP) is 3.93. The van der Waals surface area contributed by atoms with Gasteiger partial charge in [-0.25, -0.2) is 0 Å². The van der Waals surface area contributed by atoms with E-state index in [1.807, 2.05) is 25.1 Å². The van der Waals surface area contributed by atoms with Crippen LogP contribution in [0.1, 0.15) is 41.3 Å². The Morgan fingerprint density at radius 1 is 1.04 bits per heavy atom. The second-order valence-electron chi connectivity index (χ2n) is 6.29. The van der Waals surface area contributed by atoms with Crippen LogP contribution in [0.4, 0.5) is 5.69 Å². The summed E-state index contributed by atoms with van der Waals surface area (Å²) in [7, 11) is 0. The highest BCUT2D eigenvalue weighted by Crippen LogP contribution is 2.31. The number of nitrogens with one attached hydrogen (secondary N) is 1. The number of carbonyl (C=O) groups is 2. The number of aryl methyl sites for hydroxylation is 2. The van der Waals surface area contributed by atoms with Gasteiger partial charge < -0.3 is 14.8 Å². The number of hydrogen-bond donors (Lipinski definition) is 1. The van der Waals surface area contributed by atoms with Gasteiger partial charge in [0, 0.05) is 24.1 Å². The molecule has 3 rings (SSSR count). The minimum atomic E-state index is -0.153. The Hall–Kier alpha value is -2.82. The molecule has 5 heteroatoms. The van der Waals surface area contributed by atoms with Crippen LogP contribution in [-0.2, 0) is 11.2 Å². The third-order valence-electron chi connectivity index (χ3n) is 4.45. The van der Waals surface area contributed by atoms with E-state index in [2.05, 4.69) is 12.2 Å². The topological polar surface area (TPSA) is 64.6 Å². The average Bonchev–Trinajstić information content (AvgIpc) is 2.67. The SMILES string of the molecule is CCc1cccc(C)c1NC(=O)CCC(=O)c1ccc2c(c1)OCCO2. The van der Waals surface area contributed by atoms with Gasteiger partial charge in [-0.1, -0.05) is 25.1 Å². The predicted molar refractivity (Wildman–Crippen MR) is 100 cm³/mol.